The van der Waals surface area contributed by atoms with Gasteiger partial charge in [-0.1, -0.05) is 19.1 Å². The fourth-order valence-electron chi connectivity index (χ4n) is 2.12. The van der Waals surface area contributed by atoms with E-state index in [2.05, 4.69) is 10.6 Å². The Hall–Kier alpha value is -1.53. The third-order valence-corrected chi connectivity index (χ3v) is 4.23. The Labute approximate surface area is 132 Å². The van der Waals surface area contributed by atoms with E-state index in [1.807, 2.05) is 58.9 Å². The molecule has 0 bridgehead atoms. The van der Waals surface area contributed by atoms with Gasteiger partial charge in [0.1, 0.15) is 0 Å². The minimum Gasteiger partial charge on any atom is -0.399 e. The van der Waals surface area contributed by atoms with Crippen LogP contribution in [0.5, 0.6) is 0 Å². The molecule has 2 rings (SSSR count). The van der Waals surface area contributed by atoms with Crippen LogP contribution in [0.4, 0.5) is 10.5 Å². The lowest BCUT2D eigenvalue weighted by Crippen LogP contribution is -2.41. The fraction of sp³-hybridized carbons (Fsp3) is 0.562. The number of anilines is 1. The van der Waals surface area contributed by atoms with Gasteiger partial charge in [-0.3, -0.25) is 0 Å². The molecular weight excluding hydrogens is 279 g/mol. The highest BCUT2D eigenvalue weighted by atomic mass is 16.7. The molecule has 1 heterocycles. The number of rotatable bonds is 4. The summed E-state index contributed by atoms with van der Waals surface area (Å²) in [5.41, 5.74) is 0.982. The summed E-state index contributed by atoms with van der Waals surface area (Å²) in [6, 6.07) is 7.35. The van der Waals surface area contributed by atoms with Gasteiger partial charge in [-0.05, 0) is 51.7 Å². The number of benzene rings is 1. The van der Waals surface area contributed by atoms with Gasteiger partial charge in [-0.15, -0.1) is 0 Å². The normalized spacial score (nSPS) is 19.0. The quantitative estimate of drug-likeness (QED) is 0.840. The maximum absolute atomic E-state index is 11.6. The van der Waals surface area contributed by atoms with Gasteiger partial charge in [0.25, 0.3) is 0 Å². The third kappa shape index (κ3) is 3.62. The van der Waals surface area contributed by atoms with E-state index in [-0.39, 0.29) is 24.4 Å². The predicted molar refractivity (Wildman–Crippen MR) is 89.5 cm³/mol. The highest BCUT2D eigenvalue weighted by Gasteiger charge is 2.51. The lowest BCUT2D eigenvalue weighted by Gasteiger charge is -2.32. The molecule has 22 heavy (non-hydrogen) atoms. The maximum atomic E-state index is 11.6. The van der Waals surface area contributed by atoms with Crippen LogP contribution in [0.25, 0.3) is 0 Å². The van der Waals surface area contributed by atoms with Gasteiger partial charge in [-0.2, -0.15) is 0 Å². The maximum Gasteiger partial charge on any atom is 0.494 e. The molecule has 0 unspecified atom stereocenters. The molecule has 0 saturated carbocycles. The van der Waals surface area contributed by atoms with Crippen molar-refractivity contribution in [3.63, 3.8) is 0 Å². The molecule has 1 aromatic rings. The van der Waals surface area contributed by atoms with E-state index in [1.54, 1.807) is 0 Å². The minimum atomic E-state index is -0.382. The standard InChI is InChI=1S/C16H25BN2O3/c1-6-11-18-14(20)19-13-9-7-12(8-10-13)17-21-15(2,3)16(4,5)22-17/h7-10H,6,11H2,1-5H3,(H2,18,19,20). The first-order valence-electron chi connectivity index (χ1n) is 7.75. The zero-order valence-corrected chi connectivity index (χ0v) is 14.0. The van der Waals surface area contributed by atoms with E-state index in [4.69, 9.17) is 9.31 Å². The first-order valence-corrected chi connectivity index (χ1v) is 7.75. The number of hydrogen-bond donors (Lipinski definition) is 2. The molecule has 1 fully saturated rings. The SMILES string of the molecule is CCCNC(=O)Nc1ccc(B2OC(C)(C)C(C)(C)O2)cc1. The van der Waals surface area contributed by atoms with Crippen LogP contribution in [-0.2, 0) is 9.31 Å². The molecule has 1 aromatic carbocycles. The van der Waals surface area contributed by atoms with Crippen molar-refractivity contribution >= 4 is 24.3 Å². The van der Waals surface area contributed by atoms with Crippen LogP contribution in [0.3, 0.4) is 0 Å². The molecule has 0 aromatic heterocycles. The molecule has 0 radical (unpaired) electrons. The van der Waals surface area contributed by atoms with Gasteiger partial charge in [0, 0.05) is 12.2 Å². The Kier molecular flexibility index (Phi) is 4.82. The fourth-order valence-corrected chi connectivity index (χ4v) is 2.12. The minimum absolute atomic E-state index is 0.190. The van der Waals surface area contributed by atoms with Crippen LogP contribution in [-0.4, -0.2) is 30.9 Å². The van der Waals surface area contributed by atoms with Crippen molar-refractivity contribution in [2.75, 3.05) is 11.9 Å². The van der Waals surface area contributed by atoms with Crippen molar-refractivity contribution in [2.24, 2.45) is 0 Å². The largest absolute Gasteiger partial charge is 0.494 e. The Bertz CT molecular complexity index is 513. The molecule has 1 aliphatic heterocycles. The molecule has 6 heteroatoms. The summed E-state index contributed by atoms with van der Waals surface area (Å²) in [5, 5.41) is 5.57. The summed E-state index contributed by atoms with van der Waals surface area (Å²) in [4.78, 5) is 11.6. The number of hydrogen-bond acceptors (Lipinski definition) is 3. The zero-order valence-electron chi connectivity index (χ0n) is 14.0. The van der Waals surface area contributed by atoms with Crippen molar-refractivity contribution in [2.45, 2.75) is 52.2 Å². The molecule has 1 aliphatic rings. The van der Waals surface area contributed by atoms with Crippen LogP contribution in [0.1, 0.15) is 41.0 Å². The van der Waals surface area contributed by atoms with E-state index < -0.39 is 0 Å². The lowest BCUT2D eigenvalue weighted by atomic mass is 9.79. The first-order chi connectivity index (χ1) is 10.2. The van der Waals surface area contributed by atoms with Gasteiger partial charge < -0.3 is 19.9 Å². The van der Waals surface area contributed by atoms with Crippen LogP contribution in [0.2, 0.25) is 0 Å². The number of carbonyl (C=O) groups excluding carboxylic acids is 1. The second-order valence-corrected chi connectivity index (χ2v) is 6.59. The molecule has 5 nitrogen and oxygen atoms in total. The molecule has 2 N–H and O–H groups in total. The van der Waals surface area contributed by atoms with Crippen molar-refractivity contribution in [1.29, 1.82) is 0 Å². The Morgan fingerprint density at radius 1 is 1.09 bits per heavy atom. The predicted octanol–water partition coefficient (Wildman–Crippen LogP) is 2.52. The summed E-state index contributed by atoms with van der Waals surface area (Å²) < 4.78 is 12.0. The van der Waals surface area contributed by atoms with Crippen molar-refractivity contribution in [3.05, 3.63) is 24.3 Å². The molecule has 1 saturated heterocycles. The van der Waals surface area contributed by atoms with E-state index in [0.29, 0.717) is 6.54 Å². The summed E-state index contributed by atoms with van der Waals surface area (Å²) in [7, 11) is -0.382. The zero-order chi connectivity index (χ0) is 16.4. The second-order valence-electron chi connectivity index (χ2n) is 6.59. The van der Waals surface area contributed by atoms with Gasteiger partial charge in [0.2, 0.25) is 0 Å². The van der Waals surface area contributed by atoms with Gasteiger partial charge in [0.15, 0.2) is 0 Å². The molecular formula is C16H25BN2O3. The molecule has 0 atom stereocenters. The monoisotopic (exact) mass is 304 g/mol. The highest BCUT2D eigenvalue weighted by molar-refractivity contribution is 6.62. The number of carbonyl (C=O) groups is 1. The molecule has 120 valence electrons. The van der Waals surface area contributed by atoms with Crippen LogP contribution in [0.15, 0.2) is 24.3 Å². The van der Waals surface area contributed by atoms with Crippen LogP contribution >= 0.6 is 0 Å². The van der Waals surface area contributed by atoms with E-state index in [0.717, 1.165) is 17.6 Å². The molecule has 2 amide bonds. The smallest absolute Gasteiger partial charge is 0.399 e. The Balaban J connectivity index is 2.00. The number of amides is 2. The van der Waals surface area contributed by atoms with Gasteiger partial charge in [-0.25, -0.2) is 4.79 Å². The Morgan fingerprint density at radius 2 is 1.64 bits per heavy atom. The lowest BCUT2D eigenvalue weighted by molar-refractivity contribution is 0.00578. The van der Waals surface area contributed by atoms with Crippen LogP contribution in [0, 0.1) is 0 Å². The average molecular weight is 304 g/mol. The Morgan fingerprint density at radius 3 is 2.14 bits per heavy atom. The summed E-state index contributed by atoms with van der Waals surface area (Å²) in [5.74, 6) is 0. The van der Waals surface area contributed by atoms with E-state index >= 15 is 0 Å². The summed E-state index contributed by atoms with van der Waals surface area (Å²) in [6.07, 6.45) is 0.911. The second kappa shape index (κ2) is 6.30. The topological polar surface area (TPSA) is 59.6 Å². The van der Waals surface area contributed by atoms with E-state index in [1.165, 1.54) is 0 Å². The highest BCUT2D eigenvalue weighted by Crippen LogP contribution is 2.36. The summed E-state index contributed by atoms with van der Waals surface area (Å²) in [6.45, 7) is 10.8. The number of nitrogens with one attached hydrogen (secondary N) is 2. The average Bonchev–Trinajstić information content (AvgIpc) is 2.66. The summed E-state index contributed by atoms with van der Waals surface area (Å²) >= 11 is 0. The van der Waals surface area contributed by atoms with Crippen LogP contribution < -0.4 is 16.1 Å². The number of urea groups is 1. The van der Waals surface area contributed by atoms with Gasteiger partial charge >= 0.3 is 13.1 Å². The van der Waals surface area contributed by atoms with Gasteiger partial charge in [0.05, 0.1) is 11.2 Å². The molecule has 0 aliphatic carbocycles. The van der Waals surface area contributed by atoms with Crippen molar-refractivity contribution in [1.82, 2.24) is 5.32 Å². The van der Waals surface area contributed by atoms with Crippen molar-refractivity contribution < 1.29 is 14.1 Å². The van der Waals surface area contributed by atoms with Crippen molar-refractivity contribution in [3.8, 4) is 0 Å². The third-order valence-electron chi connectivity index (χ3n) is 4.23. The molecule has 0 spiro atoms. The first kappa shape index (κ1) is 16.8. The van der Waals surface area contributed by atoms with E-state index in [9.17, 15) is 4.79 Å².